The molecule has 13 heteroatoms. The van der Waals surface area contributed by atoms with Crippen molar-refractivity contribution in [3.05, 3.63) is 58.9 Å². The van der Waals surface area contributed by atoms with Crippen LogP contribution >= 0.6 is 23.4 Å². The Morgan fingerprint density at radius 2 is 1.79 bits per heavy atom. The van der Waals surface area contributed by atoms with Crippen molar-refractivity contribution in [2.75, 3.05) is 32.5 Å². The predicted molar refractivity (Wildman–Crippen MR) is 147 cm³/mol. The summed E-state index contributed by atoms with van der Waals surface area (Å²) in [5, 5.41) is 12.1. The molecule has 3 rings (SSSR count). The van der Waals surface area contributed by atoms with Crippen LogP contribution < -0.4 is 10.1 Å². The summed E-state index contributed by atoms with van der Waals surface area (Å²) in [4.78, 5) is 24.4. The Morgan fingerprint density at radius 3 is 2.37 bits per heavy atom. The normalized spacial score (nSPS) is 11.5. The van der Waals surface area contributed by atoms with Gasteiger partial charge < -0.3 is 10.1 Å². The van der Waals surface area contributed by atoms with Crippen molar-refractivity contribution in [1.29, 1.82) is 0 Å². The number of ketones is 1. The summed E-state index contributed by atoms with van der Waals surface area (Å²) in [6.07, 6.45) is 0.410. The van der Waals surface area contributed by atoms with E-state index in [-0.39, 0.29) is 22.3 Å². The van der Waals surface area contributed by atoms with Gasteiger partial charge in [-0.3, -0.25) is 14.2 Å². The number of halogens is 1. The number of ether oxygens (including phenoxy) is 1. The number of hydrogen-bond acceptors (Lipinski definition) is 8. The second-order valence-corrected chi connectivity index (χ2v) is 11.4. The first-order valence-electron chi connectivity index (χ1n) is 11.9. The molecule has 0 saturated heterocycles. The van der Waals surface area contributed by atoms with Gasteiger partial charge in [-0.1, -0.05) is 49.3 Å². The standard InChI is InChI=1S/C25H30ClN5O5S2/c1-5-30(6-2)38(34,35)20-10-7-18(8-11-20)22(33)16-37-25-29-28-24(13-14-27-17(3)32)31(25)19-9-12-23(36-4)21(26)15-19/h7-12,15H,5-6,13-14,16H2,1-4H3,(H,27,32). The van der Waals surface area contributed by atoms with Gasteiger partial charge in [0.2, 0.25) is 15.9 Å². The highest BCUT2D eigenvalue weighted by Gasteiger charge is 2.22. The molecule has 1 N–H and O–H groups in total. The Morgan fingerprint density at radius 1 is 1.11 bits per heavy atom. The number of nitrogens with one attached hydrogen (secondary N) is 1. The third-order valence-electron chi connectivity index (χ3n) is 5.67. The van der Waals surface area contributed by atoms with Crippen molar-refractivity contribution in [2.45, 2.75) is 37.2 Å². The van der Waals surface area contributed by atoms with Gasteiger partial charge in [0.1, 0.15) is 11.6 Å². The van der Waals surface area contributed by atoms with Gasteiger partial charge in [0, 0.05) is 38.5 Å². The van der Waals surface area contributed by atoms with E-state index in [4.69, 9.17) is 16.3 Å². The molecule has 1 amide bonds. The average Bonchev–Trinajstić information content (AvgIpc) is 3.30. The number of carbonyl (C=O) groups is 2. The van der Waals surface area contributed by atoms with Gasteiger partial charge in [-0.2, -0.15) is 4.31 Å². The van der Waals surface area contributed by atoms with Crippen LogP contribution in [0, 0.1) is 0 Å². The van der Waals surface area contributed by atoms with E-state index in [9.17, 15) is 18.0 Å². The number of carbonyl (C=O) groups excluding carboxylic acids is 2. The summed E-state index contributed by atoms with van der Waals surface area (Å²) in [6.45, 7) is 6.09. The third-order valence-corrected chi connectivity index (χ3v) is 8.96. The molecule has 204 valence electrons. The second-order valence-electron chi connectivity index (χ2n) is 8.11. The minimum atomic E-state index is -3.60. The van der Waals surface area contributed by atoms with E-state index in [1.165, 1.54) is 54.4 Å². The molecule has 0 radical (unpaired) electrons. The molecule has 0 aliphatic heterocycles. The first-order chi connectivity index (χ1) is 18.1. The van der Waals surface area contributed by atoms with Crippen LogP contribution in [0.5, 0.6) is 5.75 Å². The van der Waals surface area contributed by atoms with E-state index in [0.717, 1.165) is 0 Å². The number of amides is 1. The smallest absolute Gasteiger partial charge is 0.243 e. The molecule has 0 unspecified atom stereocenters. The molecule has 0 spiro atoms. The Bertz CT molecular complexity index is 1390. The van der Waals surface area contributed by atoms with E-state index in [2.05, 4.69) is 15.5 Å². The van der Waals surface area contributed by atoms with Crippen molar-refractivity contribution in [2.24, 2.45) is 0 Å². The topological polar surface area (TPSA) is 123 Å². The van der Waals surface area contributed by atoms with Crippen molar-refractivity contribution in [3.8, 4) is 11.4 Å². The number of nitrogens with zero attached hydrogens (tertiary/aromatic N) is 4. The highest BCUT2D eigenvalue weighted by atomic mass is 35.5. The average molecular weight is 580 g/mol. The molecule has 1 heterocycles. The molecule has 0 bridgehead atoms. The SMILES string of the molecule is CCN(CC)S(=O)(=O)c1ccc(C(=O)CSc2nnc(CCNC(C)=O)n2-c2ccc(OC)c(Cl)c2)cc1. The number of sulfonamides is 1. The number of thioether (sulfide) groups is 1. The van der Waals surface area contributed by atoms with Crippen molar-refractivity contribution < 1.29 is 22.7 Å². The summed E-state index contributed by atoms with van der Waals surface area (Å²) in [5.41, 5.74) is 1.07. The van der Waals surface area contributed by atoms with Gasteiger partial charge in [-0.15, -0.1) is 10.2 Å². The summed E-state index contributed by atoms with van der Waals surface area (Å²) in [5.74, 6) is 0.805. The van der Waals surface area contributed by atoms with Crippen molar-refractivity contribution in [3.63, 3.8) is 0 Å². The second kappa shape index (κ2) is 13.2. The maximum atomic E-state index is 12.9. The molecule has 0 saturated carbocycles. The van der Waals surface area contributed by atoms with Crippen LogP contribution in [-0.2, 0) is 21.2 Å². The minimum absolute atomic E-state index is 0.0514. The monoisotopic (exact) mass is 579 g/mol. The van der Waals surface area contributed by atoms with Gasteiger partial charge in [-0.05, 0) is 30.3 Å². The Balaban J connectivity index is 1.81. The fourth-order valence-electron chi connectivity index (χ4n) is 3.70. The fraction of sp³-hybridized carbons (Fsp3) is 0.360. The lowest BCUT2D eigenvalue weighted by atomic mass is 10.1. The van der Waals surface area contributed by atoms with E-state index in [1.54, 1.807) is 36.6 Å². The molecule has 3 aromatic rings. The number of hydrogen-bond donors (Lipinski definition) is 1. The zero-order valence-corrected chi connectivity index (χ0v) is 24.0. The lowest BCUT2D eigenvalue weighted by molar-refractivity contribution is -0.118. The summed E-state index contributed by atoms with van der Waals surface area (Å²) in [6, 6.07) is 11.2. The first-order valence-corrected chi connectivity index (χ1v) is 14.7. The number of aromatic nitrogens is 3. The maximum Gasteiger partial charge on any atom is 0.243 e. The fourth-order valence-corrected chi connectivity index (χ4v) is 6.27. The van der Waals surface area contributed by atoms with Gasteiger partial charge in [0.15, 0.2) is 10.9 Å². The number of methoxy groups -OCH3 is 1. The maximum absolute atomic E-state index is 12.9. The third kappa shape index (κ3) is 6.93. The van der Waals surface area contributed by atoms with Crippen LogP contribution in [0.15, 0.2) is 52.5 Å². The number of rotatable bonds is 13. The number of Topliss-reactive ketones (excluding diaryl/α,β-unsaturated/α-hetero) is 1. The van der Waals surface area contributed by atoms with E-state index in [0.29, 0.717) is 59.1 Å². The van der Waals surface area contributed by atoms with E-state index in [1.807, 2.05) is 0 Å². The Hall–Kier alpha value is -2.93. The molecule has 38 heavy (non-hydrogen) atoms. The zero-order chi connectivity index (χ0) is 27.9. The molecular weight excluding hydrogens is 550 g/mol. The van der Waals surface area contributed by atoms with Crippen LogP contribution in [0.4, 0.5) is 0 Å². The van der Waals surface area contributed by atoms with Crippen LogP contribution in [0.2, 0.25) is 5.02 Å². The highest BCUT2D eigenvalue weighted by Crippen LogP contribution is 2.30. The van der Waals surface area contributed by atoms with Gasteiger partial charge in [0.05, 0.1) is 28.5 Å². The Labute approximate surface area is 231 Å². The molecule has 0 aliphatic rings. The van der Waals surface area contributed by atoms with Crippen LogP contribution in [0.1, 0.15) is 37.0 Å². The summed E-state index contributed by atoms with van der Waals surface area (Å²) < 4.78 is 33.8. The largest absolute Gasteiger partial charge is 0.495 e. The molecule has 1 aromatic heterocycles. The van der Waals surface area contributed by atoms with E-state index >= 15 is 0 Å². The Kier molecular flexibility index (Phi) is 10.3. The molecule has 2 aromatic carbocycles. The van der Waals surface area contributed by atoms with Crippen LogP contribution in [-0.4, -0.2) is 71.7 Å². The lowest BCUT2D eigenvalue weighted by Crippen LogP contribution is -2.30. The highest BCUT2D eigenvalue weighted by molar-refractivity contribution is 7.99. The van der Waals surface area contributed by atoms with E-state index < -0.39 is 10.0 Å². The molecule has 0 fully saturated rings. The lowest BCUT2D eigenvalue weighted by Gasteiger charge is -2.18. The minimum Gasteiger partial charge on any atom is -0.495 e. The van der Waals surface area contributed by atoms with Crippen LogP contribution in [0.3, 0.4) is 0 Å². The van der Waals surface area contributed by atoms with Gasteiger partial charge in [-0.25, -0.2) is 8.42 Å². The number of benzene rings is 2. The van der Waals surface area contributed by atoms with Crippen LogP contribution in [0.25, 0.3) is 5.69 Å². The molecule has 10 nitrogen and oxygen atoms in total. The van der Waals surface area contributed by atoms with Gasteiger partial charge >= 0.3 is 0 Å². The van der Waals surface area contributed by atoms with Crippen molar-refractivity contribution in [1.82, 2.24) is 24.4 Å². The predicted octanol–water partition coefficient (Wildman–Crippen LogP) is 3.61. The first kappa shape index (κ1) is 29.6. The van der Waals surface area contributed by atoms with Crippen molar-refractivity contribution >= 4 is 45.1 Å². The molecule has 0 aliphatic carbocycles. The quantitative estimate of drug-likeness (QED) is 0.241. The van der Waals surface area contributed by atoms with Gasteiger partial charge in [0.25, 0.3) is 0 Å². The zero-order valence-electron chi connectivity index (χ0n) is 21.6. The summed E-state index contributed by atoms with van der Waals surface area (Å²) in [7, 11) is -2.08. The molecule has 0 atom stereocenters. The molecular formula is C25H30ClN5O5S2. The summed E-state index contributed by atoms with van der Waals surface area (Å²) >= 11 is 7.54.